The summed E-state index contributed by atoms with van der Waals surface area (Å²) in [6.07, 6.45) is 20.2. The first kappa shape index (κ1) is 44.5. The first-order chi connectivity index (χ1) is 20.8. The van der Waals surface area contributed by atoms with Gasteiger partial charge in [0.1, 0.15) is 0 Å². The Bertz CT molecular complexity index is 834. The van der Waals surface area contributed by atoms with Gasteiger partial charge in [-0.15, -0.1) is 0 Å². The topological polar surface area (TPSA) is 93.1 Å². The molecular formula is C36H76O6Si3. The van der Waals surface area contributed by atoms with E-state index in [2.05, 4.69) is 73.9 Å². The summed E-state index contributed by atoms with van der Waals surface area (Å²) in [5, 5.41) is 18.4. The van der Waals surface area contributed by atoms with E-state index in [4.69, 9.17) is 14.0 Å². The quantitative estimate of drug-likeness (QED) is 0.0600. The van der Waals surface area contributed by atoms with E-state index in [1.54, 1.807) is 0 Å². The van der Waals surface area contributed by atoms with Gasteiger partial charge in [0, 0.05) is 11.6 Å². The molecule has 3 atom stereocenters. The maximum atomic E-state index is 12.7. The third-order valence-corrected chi connectivity index (χ3v) is 23.5. The van der Waals surface area contributed by atoms with Crippen molar-refractivity contribution in [2.75, 3.05) is 0 Å². The van der Waals surface area contributed by atoms with Crippen LogP contribution in [-0.4, -0.2) is 57.3 Å². The van der Waals surface area contributed by atoms with Crippen molar-refractivity contribution >= 4 is 36.6 Å². The molecular weight excluding hydrogens is 613 g/mol. The SMILES string of the molecule is CCCCCCCCCC(C(=O)O)[Si](C)(C)[C@](C)(CC)O[Si](C)(C)[C@@](C)(CC)O[Si](C)(C)CCCCCCCCCCC(=O)O. The first-order valence-corrected chi connectivity index (χ1v) is 27.8. The van der Waals surface area contributed by atoms with Gasteiger partial charge < -0.3 is 19.1 Å². The molecule has 45 heavy (non-hydrogen) atoms. The second kappa shape index (κ2) is 21.5. The molecule has 0 saturated heterocycles. The van der Waals surface area contributed by atoms with Crippen LogP contribution in [0.3, 0.4) is 0 Å². The number of aliphatic carboxylic acids is 2. The number of unbranched alkanes of at least 4 members (excludes halogenated alkanes) is 13. The Labute approximate surface area is 282 Å². The van der Waals surface area contributed by atoms with Gasteiger partial charge in [0.05, 0.1) is 18.8 Å². The molecule has 0 bridgehead atoms. The number of hydrogen-bond acceptors (Lipinski definition) is 4. The minimum absolute atomic E-state index is 0.292. The average Bonchev–Trinajstić information content (AvgIpc) is 2.94. The fourth-order valence-corrected chi connectivity index (χ4v) is 18.7. The largest absolute Gasteiger partial charge is 0.481 e. The van der Waals surface area contributed by atoms with E-state index in [0.717, 1.165) is 57.4 Å². The predicted molar refractivity (Wildman–Crippen MR) is 200 cm³/mol. The Kier molecular flexibility index (Phi) is 21.2. The molecule has 0 aromatic heterocycles. The second-order valence-electron chi connectivity index (χ2n) is 15.9. The molecule has 0 rings (SSSR count). The van der Waals surface area contributed by atoms with Crippen LogP contribution in [0.4, 0.5) is 0 Å². The van der Waals surface area contributed by atoms with Gasteiger partial charge in [0.2, 0.25) is 8.32 Å². The average molecular weight is 689 g/mol. The van der Waals surface area contributed by atoms with Crippen molar-refractivity contribution in [3.8, 4) is 0 Å². The summed E-state index contributed by atoms with van der Waals surface area (Å²) in [6.45, 7) is 25.0. The number of carboxylic acid groups (broad SMARTS) is 2. The summed E-state index contributed by atoms with van der Waals surface area (Å²) in [5.74, 6) is -1.33. The summed E-state index contributed by atoms with van der Waals surface area (Å²) in [7, 11) is -6.79. The highest BCUT2D eigenvalue weighted by molar-refractivity contribution is 6.85. The van der Waals surface area contributed by atoms with Gasteiger partial charge in [-0.2, -0.15) is 0 Å². The zero-order chi connectivity index (χ0) is 34.8. The highest BCUT2D eigenvalue weighted by Gasteiger charge is 2.57. The van der Waals surface area contributed by atoms with E-state index >= 15 is 0 Å². The van der Waals surface area contributed by atoms with Crippen LogP contribution < -0.4 is 0 Å². The van der Waals surface area contributed by atoms with Crippen LogP contribution in [0.2, 0.25) is 50.9 Å². The number of rotatable bonds is 29. The standard InChI is InChI=1S/C36H76O6Si3/c1-12-15-16-17-20-23-26-29-32(34(39)40)44(8,9)35(4,13-2)42-45(10,11)36(5,14-3)41-43(6,7)31-28-25-22-19-18-21-24-27-30-33(37)38/h32H,12-31H2,1-11H3,(H,37,38)(H,39,40)/t32?,35-,36+/m1/s1. The zero-order valence-electron chi connectivity index (χ0n) is 31.7. The molecule has 0 spiro atoms. The molecule has 2 N–H and O–H groups in total. The molecule has 0 heterocycles. The lowest BCUT2D eigenvalue weighted by atomic mass is 10.1. The van der Waals surface area contributed by atoms with Crippen LogP contribution in [0, 0.1) is 0 Å². The predicted octanol–water partition coefficient (Wildman–Crippen LogP) is 11.7. The molecule has 9 heteroatoms. The van der Waals surface area contributed by atoms with Gasteiger partial charge in [0.15, 0.2) is 8.32 Å². The van der Waals surface area contributed by atoms with Crippen molar-refractivity contribution in [3.63, 3.8) is 0 Å². The molecule has 0 radical (unpaired) electrons. The smallest absolute Gasteiger partial charge is 0.303 e. The lowest BCUT2D eigenvalue weighted by Gasteiger charge is -2.54. The van der Waals surface area contributed by atoms with Gasteiger partial charge >= 0.3 is 11.9 Å². The third kappa shape index (κ3) is 16.0. The van der Waals surface area contributed by atoms with Gasteiger partial charge in [-0.3, -0.25) is 9.59 Å². The fourth-order valence-electron chi connectivity index (χ4n) is 6.97. The van der Waals surface area contributed by atoms with Crippen molar-refractivity contribution in [2.45, 2.75) is 218 Å². The van der Waals surface area contributed by atoms with Crippen LogP contribution in [0.5, 0.6) is 0 Å². The monoisotopic (exact) mass is 688 g/mol. The fraction of sp³-hybridized carbons (Fsp3) is 0.944. The summed E-state index contributed by atoms with van der Waals surface area (Å²) < 4.78 is 14.5. The van der Waals surface area contributed by atoms with Gasteiger partial charge in [-0.25, -0.2) is 0 Å². The molecule has 0 amide bonds. The molecule has 1 unspecified atom stereocenters. The minimum atomic E-state index is -2.44. The van der Waals surface area contributed by atoms with Gasteiger partial charge in [0.25, 0.3) is 0 Å². The normalized spacial score (nSPS) is 16.2. The molecule has 0 aliphatic rings. The maximum absolute atomic E-state index is 12.7. The van der Waals surface area contributed by atoms with E-state index < -0.39 is 41.9 Å². The molecule has 0 aliphatic heterocycles. The molecule has 0 fully saturated rings. The molecule has 0 aliphatic carbocycles. The summed E-state index contributed by atoms with van der Waals surface area (Å²) in [6, 6.07) is 1.14. The van der Waals surface area contributed by atoms with Crippen LogP contribution >= 0.6 is 0 Å². The summed E-state index contributed by atoms with van der Waals surface area (Å²) in [5.41, 5.74) is -0.313. The zero-order valence-corrected chi connectivity index (χ0v) is 34.7. The minimum Gasteiger partial charge on any atom is -0.481 e. The highest BCUT2D eigenvalue weighted by atomic mass is 28.4. The van der Waals surface area contributed by atoms with E-state index in [1.165, 1.54) is 64.2 Å². The Balaban J connectivity index is 5.29. The van der Waals surface area contributed by atoms with Crippen molar-refractivity contribution in [1.29, 1.82) is 0 Å². The van der Waals surface area contributed by atoms with Crippen LogP contribution in [0.25, 0.3) is 0 Å². The molecule has 268 valence electrons. The van der Waals surface area contributed by atoms with Crippen LogP contribution in [-0.2, 0) is 18.4 Å². The number of carboxylic acids is 2. The van der Waals surface area contributed by atoms with Crippen molar-refractivity contribution in [3.05, 3.63) is 0 Å². The molecule has 0 aromatic carbocycles. The van der Waals surface area contributed by atoms with E-state index in [1.807, 2.05) is 0 Å². The van der Waals surface area contributed by atoms with Gasteiger partial charge in [-0.1, -0.05) is 124 Å². The van der Waals surface area contributed by atoms with Crippen molar-refractivity contribution in [2.24, 2.45) is 0 Å². The van der Waals surface area contributed by atoms with Crippen molar-refractivity contribution in [1.82, 2.24) is 0 Å². The Morgan fingerprint density at radius 3 is 1.51 bits per heavy atom. The summed E-state index contributed by atoms with van der Waals surface area (Å²) >= 11 is 0. The second-order valence-corrected chi connectivity index (χ2v) is 29.6. The van der Waals surface area contributed by atoms with E-state index in [0.29, 0.717) is 6.42 Å². The molecule has 0 aromatic rings. The molecule has 6 nitrogen and oxygen atoms in total. The first-order valence-electron chi connectivity index (χ1n) is 18.7. The van der Waals surface area contributed by atoms with E-state index in [9.17, 15) is 14.7 Å². The lowest BCUT2D eigenvalue weighted by molar-refractivity contribution is -0.138. The molecule has 0 saturated carbocycles. The van der Waals surface area contributed by atoms with E-state index in [-0.39, 0.29) is 10.8 Å². The van der Waals surface area contributed by atoms with Crippen LogP contribution in [0.1, 0.15) is 157 Å². The number of carbonyl (C=O) groups is 2. The lowest BCUT2D eigenvalue weighted by Crippen LogP contribution is -2.68. The Hall–Kier alpha value is -0.489. The Morgan fingerprint density at radius 2 is 1.07 bits per heavy atom. The van der Waals surface area contributed by atoms with Gasteiger partial charge in [-0.05, 0) is 71.8 Å². The highest BCUT2D eigenvalue weighted by Crippen LogP contribution is 2.45. The number of hydrogen-bond donors (Lipinski definition) is 2. The maximum Gasteiger partial charge on any atom is 0.303 e. The Morgan fingerprint density at radius 1 is 0.622 bits per heavy atom. The van der Waals surface area contributed by atoms with Crippen molar-refractivity contribution < 1.29 is 28.7 Å². The summed E-state index contributed by atoms with van der Waals surface area (Å²) in [4.78, 5) is 23.4. The third-order valence-electron chi connectivity index (χ3n) is 11.2. The van der Waals surface area contributed by atoms with Crippen LogP contribution in [0.15, 0.2) is 0 Å².